The minimum atomic E-state index is -0.689. The number of nitrogens with one attached hydrogen (secondary N) is 1. The predicted octanol–water partition coefficient (Wildman–Crippen LogP) is 2.12. The number of nitro benzene ring substituents is 1. The van der Waals surface area contributed by atoms with Crippen molar-refractivity contribution in [3.8, 4) is 11.5 Å². The summed E-state index contributed by atoms with van der Waals surface area (Å²) in [5.74, 6) is -0.564. The number of carbonyl (C=O) groups is 1. The van der Waals surface area contributed by atoms with Gasteiger partial charge < -0.3 is 14.0 Å². The maximum absolute atomic E-state index is 12.3. The van der Waals surface area contributed by atoms with Crippen molar-refractivity contribution in [1.29, 1.82) is 0 Å². The van der Waals surface area contributed by atoms with E-state index in [0.717, 1.165) is 0 Å². The molecule has 0 bridgehead atoms. The van der Waals surface area contributed by atoms with Crippen molar-refractivity contribution < 1.29 is 19.2 Å². The maximum atomic E-state index is 12.3. The first-order valence-corrected chi connectivity index (χ1v) is 8.25. The third kappa shape index (κ3) is 4.34. The van der Waals surface area contributed by atoms with Gasteiger partial charge in [0.1, 0.15) is 5.56 Å². The highest BCUT2D eigenvalue weighted by molar-refractivity contribution is 5.94. The van der Waals surface area contributed by atoms with Crippen LogP contribution in [0.15, 0.2) is 40.4 Å². The van der Waals surface area contributed by atoms with Crippen LogP contribution in [0.3, 0.4) is 0 Å². The zero-order valence-corrected chi connectivity index (χ0v) is 15.8. The lowest BCUT2D eigenvalue weighted by Crippen LogP contribution is -2.31. The molecule has 10 nitrogen and oxygen atoms in total. The number of benzene rings is 1. The molecule has 1 N–H and O–H groups in total. The van der Waals surface area contributed by atoms with Gasteiger partial charge in [-0.05, 0) is 32.0 Å². The minimum Gasteiger partial charge on any atom is -0.493 e. The average Bonchev–Trinajstić information content (AvgIpc) is 2.66. The predicted molar refractivity (Wildman–Crippen MR) is 102 cm³/mol. The highest BCUT2D eigenvalue weighted by Crippen LogP contribution is 2.37. The number of pyridine rings is 1. The Morgan fingerprint density at radius 3 is 2.61 bits per heavy atom. The van der Waals surface area contributed by atoms with Crippen LogP contribution < -0.4 is 20.5 Å². The highest BCUT2D eigenvalue weighted by atomic mass is 16.6. The monoisotopic (exact) mass is 388 g/mol. The van der Waals surface area contributed by atoms with Crippen LogP contribution in [-0.2, 0) is 0 Å². The van der Waals surface area contributed by atoms with Crippen LogP contribution in [-0.4, -0.2) is 35.8 Å². The molecule has 0 saturated heterocycles. The molecular weight excluding hydrogens is 368 g/mol. The molecule has 0 spiro atoms. The summed E-state index contributed by atoms with van der Waals surface area (Å²) >= 11 is 0. The van der Waals surface area contributed by atoms with Crippen molar-refractivity contribution in [3.63, 3.8) is 0 Å². The fourth-order valence-electron chi connectivity index (χ4n) is 2.49. The Morgan fingerprint density at radius 2 is 2.04 bits per heavy atom. The van der Waals surface area contributed by atoms with Gasteiger partial charge in [0, 0.05) is 23.9 Å². The summed E-state index contributed by atoms with van der Waals surface area (Å²) in [6.45, 7) is 3.65. The fourth-order valence-corrected chi connectivity index (χ4v) is 2.49. The number of amides is 1. The number of aromatic nitrogens is 1. The molecule has 1 amide bonds. The van der Waals surface area contributed by atoms with E-state index in [1.165, 1.54) is 43.2 Å². The third-order valence-electron chi connectivity index (χ3n) is 3.83. The van der Waals surface area contributed by atoms with Gasteiger partial charge in [-0.25, -0.2) is 5.43 Å². The van der Waals surface area contributed by atoms with E-state index in [2.05, 4.69) is 10.5 Å². The molecule has 0 atom stereocenters. The van der Waals surface area contributed by atoms with Crippen LogP contribution in [0.2, 0.25) is 0 Å². The summed E-state index contributed by atoms with van der Waals surface area (Å²) in [5.41, 5.74) is 1.74. The molecule has 1 aromatic carbocycles. The Hall–Kier alpha value is -3.69. The Morgan fingerprint density at radius 1 is 1.32 bits per heavy atom. The molecule has 2 rings (SSSR count). The molecule has 0 saturated carbocycles. The average molecular weight is 388 g/mol. The topological polar surface area (TPSA) is 125 Å². The molecule has 0 unspecified atom stereocenters. The van der Waals surface area contributed by atoms with E-state index in [0.29, 0.717) is 5.56 Å². The summed E-state index contributed by atoms with van der Waals surface area (Å²) in [7, 11) is 2.64. The van der Waals surface area contributed by atoms with E-state index >= 15 is 0 Å². The summed E-state index contributed by atoms with van der Waals surface area (Å²) in [5, 5.41) is 15.0. The van der Waals surface area contributed by atoms with Crippen LogP contribution in [0.5, 0.6) is 11.5 Å². The van der Waals surface area contributed by atoms with Crippen LogP contribution in [0, 0.1) is 10.1 Å². The zero-order chi connectivity index (χ0) is 20.8. The largest absolute Gasteiger partial charge is 0.493 e. The molecule has 10 heteroatoms. The van der Waals surface area contributed by atoms with Gasteiger partial charge in [-0.15, -0.1) is 0 Å². The van der Waals surface area contributed by atoms with Gasteiger partial charge >= 0.3 is 5.69 Å². The van der Waals surface area contributed by atoms with Crippen LogP contribution in [0.25, 0.3) is 0 Å². The normalized spacial score (nSPS) is 10.9. The van der Waals surface area contributed by atoms with E-state index in [4.69, 9.17) is 9.47 Å². The molecule has 0 radical (unpaired) electrons. The van der Waals surface area contributed by atoms with Crippen LogP contribution in [0.1, 0.15) is 35.8 Å². The lowest BCUT2D eigenvalue weighted by Gasteiger charge is -2.10. The standard InChI is InChI=1S/C18H20N4O6/c1-11(2)21-7-5-6-13(18(21)24)17(23)20-19-10-12-8-14(22(25)26)16(28-4)15(9-12)27-3/h5-11H,1-4H3,(H,20,23)/b19-10-. The number of hydrazone groups is 1. The molecule has 1 aromatic heterocycles. The van der Waals surface area contributed by atoms with Crippen molar-refractivity contribution in [2.75, 3.05) is 14.2 Å². The molecule has 0 fully saturated rings. The molecule has 28 heavy (non-hydrogen) atoms. The van der Waals surface area contributed by atoms with Gasteiger partial charge in [0.15, 0.2) is 5.75 Å². The number of methoxy groups -OCH3 is 2. The van der Waals surface area contributed by atoms with E-state index in [9.17, 15) is 19.7 Å². The summed E-state index contributed by atoms with van der Waals surface area (Å²) in [6, 6.07) is 5.59. The SMILES string of the molecule is COc1cc(/C=N\NC(=O)c2cccn(C(C)C)c2=O)cc([N+](=O)[O-])c1OC. The fraction of sp³-hybridized carbons (Fsp3) is 0.278. The number of ether oxygens (including phenoxy) is 2. The highest BCUT2D eigenvalue weighted by Gasteiger charge is 2.21. The van der Waals surface area contributed by atoms with Crippen molar-refractivity contribution in [1.82, 2.24) is 9.99 Å². The number of carbonyl (C=O) groups excluding carboxylic acids is 1. The quantitative estimate of drug-likeness (QED) is 0.440. The zero-order valence-electron chi connectivity index (χ0n) is 15.8. The van der Waals surface area contributed by atoms with Gasteiger partial charge in [-0.1, -0.05) is 0 Å². The van der Waals surface area contributed by atoms with E-state index < -0.39 is 16.4 Å². The van der Waals surface area contributed by atoms with Gasteiger partial charge in [-0.3, -0.25) is 19.7 Å². The van der Waals surface area contributed by atoms with Gasteiger partial charge in [0.25, 0.3) is 11.5 Å². The number of hydrogen-bond acceptors (Lipinski definition) is 7. The van der Waals surface area contributed by atoms with Crippen molar-refractivity contribution in [3.05, 3.63) is 62.1 Å². The molecular formula is C18H20N4O6. The smallest absolute Gasteiger partial charge is 0.315 e. The Labute approximate surface area is 160 Å². The maximum Gasteiger partial charge on any atom is 0.315 e. The first-order valence-electron chi connectivity index (χ1n) is 8.25. The number of rotatable bonds is 7. The molecule has 0 aliphatic carbocycles. The van der Waals surface area contributed by atoms with E-state index in [1.807, 2.05) is 13.8 Å². The van der Waals surface area contributed by atoms with Gasteiger partial charge in [0.05, 0.1) is 25.4 Å². The van der Waals surface area contributed by atoms with Crippen molar-refractivity contribution in [2.45, 2.75) is 19.9 Å². The molecule has 1 heterocycles. The molecule has 148 valence electrons. The second kappa shape index (κ2) is 8.80. The Bertz CT molecular complexity index is 981. The van der Waals surface area contributed by atoms with E-state index in [1.54, 1.807) is 12.3 Å². The molecule has 0 aliphatic heterocycles. The third-order valence-corrected chi connectivity index (χ3v) is 3.83. The Balaban J connectivity index is 2.27. The Kier molecular flexibility index (Phi) is 6.48. The molecule has 0 aliphatic rings. The first kappa shape index (κ1) is 20.6. The number of nitro groups is 1. The summed E-state index contributed by atoms with van der Waals surface area (Å²) in [4.78, 5) is 35.1. The van der Waals surface area contributed by atoms with Gasteiger partial charge in [0.2, 0.25) is 5.75 Å². The summed E-state index contributed by atoms with van der Waals surface area (Å²) < 4.78 is 11.5. The van der Waals surface area contributed by atoms with Crippen molar-refractivity contribution in [2.24, 2.45) is 5.10 Å². The minimum absolute atomic E-state index is 0.0211. The second-order valence-electron chi connectivity index (χ2n) is 5.96. The van der Waals surface area contributed by atoms with Crippen LogP contribution >= 0.6 is 0 Å². The number of hydrogen-bond donors (Lipinski definition) is 1. The molecule has 2 aromatic rings. The second-order valence-corrected chi connectivity index (χ2v) is 5.96. The summed E-state index contributed by atoms with van der Waals surface area (Å²) in [6.07, 6.45) is 2.80. The lowest BCUT2D eigenvalue weighted by atomic mass is 10.2. The van der Waals surface area contributed by atoms with Crippen LogP contribution in [0.4, 0.5) is 5.69 Å². The van der Waals surface area contributed by atoms with Gasteiger partial charge in [-0.2, -0.15) is 5.10 Å². The first-order chi connectivity index (χ1) is 13.3. The number of nitrogens with zero attached hydrogens (tertiary/aromatic N) is 3. The lowest BCUT2D eigenvalue weighted by molar-refractivity contribution is -0.385. The van der Waals surface area contributed by atoms with Crippen molar-refractivity contribution >= 4 is 17.8 Å². The van der Waals surface area contributed by atoms with E-state index in [-0.39, 0.29) is 28.8 Å².